The summed E-state index contributed by atoms with van der Waals surface area (Å²) in [6.45, 7) is 5.23. The number of rotatable bonds is 2. The molecule has 1 fully saturated rings. The van der Waals surface area contributed by atoms with Gasteiger partial charge in [-0.25, -0.2) is 9.97 Å². The van der Waals surface area contributed by atoms with E-state index in [-0.39, 0.29) is 12.0 Å². The lowest BCUT2D eigenvalue weighted by atomic mass is 10.1. The number of carbonyl (C=O) groups excluding carboxylic acids is 1. The molecular formula is C15H17N5O2. The molecule has 1 aliphatic rings. The Hall–Kier alpha value is -2.41. The maximum absolute atomic E-state index is 12.4. The first-order valence-electron chi connectivity index (χ1n) is 7.14. The van der Waals surface area contributed by atoms with E-state index in [2.05, 4.69) is 20.2 Å². The van der Waals surface area contributed by atoms with Crippen LogP contribution in [0.5, 0.6) is 0 Å². The van der Waals surface area contributed by atoms with Gasteiger partial charge in [-0.1, -0.05) is 0 Å². The molecule has 1 amide bonds. The van der Waals surface area contributed by atoms with Gasteiger partial charge < -0.3 is 9.64 Å². The van der Waals surface area contributed by atoms with E-state index in [0.29, 0.717) is 31.2 Å². The number of aryl methyl sites for hydroxylation is 2. The molecule has 114 valence electrons. The lowest BCUT2D eigenvalue weighted by molar-refractivity contribution is -0.0251. The summed E-state index contributed by atoms with van der Waals surface area (Å²) in [6.07, 6.45) is 1.31. The predicted molar refractivity (Wildman–Crippen MR) is 78.1 cm³/mol. The smallest absolute Gasteiger partial charge is 0.274 e. The summed E-state index contributed by atoms with van der Waals surface area (Å²) in [5.41, 5.74) is 2.04. The molecule has 3 rings (SSSR count). The van der Waals surface area contributed by atoms with Crippen molar-refractivity contribution in [1.82, 2.24) is 25.1 Å². The van der Waals surface area contributed by atoms with Gasteiger partial charge in [0, 0.05) is 18.4 Å². The Kier molecular flexibility index (Phi) is 4.06. The molecule has 0 saturated carbocycles. The molecule has 3 heterocycles. The summed E-state index contributed by atoms with van der Waals surface area (Å²) < 4.78 is 5.77. The van der Waals surface area contributed by atoms with Gasteiger partial charge in [-0.15, -0.1) is 5.10 Å². The van der Waals surface area contributed by atoms with Crippen LogP contribution in [0.25, 0.3) is 0 Å². The summed E-state index contributed by atoms with van der Waals surface area (Å²) in [5, 5.41) is 7.62. The van der Waals surface area contributed by atoms with E-state index in [9.17, 15) is 4.79 Å². The fourth-order valence-electron chi connectivity index (χ4n) is 2.50. The molecule has 1 unspecified atom stereocenters. The van der Waals surface area contributed by atoms with E-state index in [1.165, 1.54) is 0 Å². The third kappa shape index (κ3) is 3.09. The average Bonchev–Trinajstić information content (AvgIpc) is 2.54. The predicted octanol–water partition coefficient (Wildman–Crippen LogP) is 1.10. The van der Waals surface area contributed by atoms with E-state index in [0.717, 1.165) is 11.4 Å². The second-order valence-electron chi connectivity index (χ2n) is 5.20. The SMILES string of the molecule is Cc1cc(C2CN(C(=O)c3cccnn3)CCO2)nc(C)n1. The zero-order valence-electron chi connectivity index (χ0n) is 12.6. The van der Waals surface area contributed by atoms with Crippen molar-refractivity contribution in [2.75, 3.05) is 19.7 Å². The third-order valence-electron chi connectivity index (χ3n) is 3.46. The number of carbonyl (C=O) groups is 1. The topological polar surface area (TPSA) is 81.1 Å². The van der Waals surface area contributed by atoms with Gasteiger partial charge in [-0.05, 0) is 32.0 Å². The van der Waals surface area contributed by atoms with Crippen LogP contribution in [-0.2, 0) is 4.74 Å². The van der Waals surface area contributed by atoms with Gasteiger partial charge in [-0.3, -0.25) is 4.79 Å². The zero-order chi connectivity index (χ0) is 15.5. The van der Waals surface area contributed by atoms with Crippen molar-refractivity contribution < 1.29 is 9.53 Å². The molecule has 0 aromatic carbocycles. The molecule has 0 spiro atoms. The molecule has 7 nitrogen and oxygen atoms in total. The number of morpholine rings is 1. The Labute approximate surface area is 128 Å². The fourth-order valence-corrected chi connectivity index (χ4v) is 2.50. The lowest BCUT2D eigenvalue weighted by Gasteiger charge is -2.32. The molecule has 7 heteroatoms. The molecule has 2 aromatic heterocycles. The fraction of sp³-hybridized carbons (Fsp3) is 0.400. The normalized spacial score (nSPS) is 18.3. The molecule has 0 N–H and O–H groups in total. The summed E-state index contributed by atoms with van der Waals surface area (Å²) >= 11 is 0. The van der Waals surface area contributed by atoms with Gasteiger partial charge in [-0.2, -0.15) is 5.10 Å². The van der Waals surface area contributed by atoms with E-state index >= 15 is 0 Å². The van der Waals surface area contributed by atoms with Crippen LogP contribution in [0.1, 0.15) is 33.8 Å². The molecule has 2 aromatic rings. The monoisotopic (exact) mass is 299 g/mol. The molecule has 1 saturated heterocycles. The zero-order valence-corrected chi connectivity index (χ0v) is 12.6. The van der Waals surface area contributed by atoms with Crippen LogP contribution in [-0.4, -0.2) is 50.7 Å². The van der Waals surface area contributed by atoms with Crippen molar-refractivity contribution >= 4 is 5.91 Å². The molecular weight excluding hydrogens is 282 g/mol. The van der Waals surface area contributed by atoms with Crippen LogP contribution >= 0.6 is 0 Å². The molecule has 0 aliphatic carbocycles. The maximum atomic E-state index is 12.4. The van der Waals surface area contributed by atoms with E-state index in [1.807, 2.05) is 19.9 Å². The summed E-state index contributed by atoms with van der Waals surface area (Å²) in [6, 6.07) is 5.27. The summed E-state index contributed by atoms with van der Waals surface area (Å²) in [7, 11) is 0. The van der Waals surface area contributed by atoms with Gasteiger partial charge in [0.15, 0.2) is 5.69 Å². The highest BCUT2D eigenvalue weighted by Crippen LogP contribution is 2.22. The Morgan fingerprint density at radius 2 is 2.23 bits per heavy atom. The largest absolute Gasteiger partial charge is 0.368 e. The van der Waals surface area contributed by atoms with Crippen molar-refractivity contribution in [3.05, 3.63) is 47.3 Å². The average molecular weight is 299 g/mol. The quantitative estimate of drug-likeness (QED) is 0.826. The number of amides is 1. The Morgan fingerprint density at radius 1 is 1.36 bits per heavy atom. The molecule has 0 radical (unpaired) electrons. The standard InChI is InChI=1S/C15H17N5O2/c1-10-8-13(18-11(2)17-10)14-9-20(6-7-22-14)15(21)12-4-3-5-16-19-12/h3-5,8,14H,6-7,9H2,1-2H3. The summed E-state index contributed by atoms with van der Waals surface area (Å²) in [5.74, 6) is 0.569. The van der Waals surface area contributed by atoms with Crippen LogP contribution in [0.15, 0.2) is 24.4 Å². The van der Waals surface area contributed by atoms with Gasteiger partial charge in [0.1, 0.15) is 11.9 Å². The molecule has 22 heavy (non-hydrogen) atoms. The third-order valence-corrected chi connectivity index (χ3v) is 3.46. The second kappa shape index (κ2) is 6.15. The Morgan fingerprint density at radius 3 is 2.95 bits per heavy atom. The van der Waals surface area contributed by atoms with Gasteiger partial charge >= 0.3 is 0 Å². The number of ether oxygens (including phenoxy) is 1. The number of hydrogen-bond donors (Lipinski definition) is 0. The van der Waals surface area contributed by atoms with Crippen molar-refractivity contribution in [1.29, 1.82) is 0 Å². The maximum Gasteiger partial charge on any atom is 0.274 e. The highest BCUT2D eigenvalue weighted by Gasteiger charge is 2.28. The first kappa shape index (κ1) is 14.5. The first-order chi connectivity index (χ1) is 10.6. The minimum Gasteiger partial charge on any atom is -0.368 e. The molecule has 1 atom stereocenters. The number of aromatic nitrogens is 4. The minimum absolute atomic E-state index is 0.135. The Bertz CT molecular complexity index is 657. The van der Waals surface area contributed by atoms with Gasteiger partial charge in [0.25, 0.3) is 5.91 Å². The Balaban J connectivity index is 1.78. The van der Waals surface area contributed by atoms with Crippen molar-refractivity contribution in [3.8, 4) is 0 Å². The van der Waals surface area contributed by atoms with Gasteiger partial charge in [0.2, 0.25) is 0 Å². The van der Waals surface area contributed by atoms with Crippen LogP contribution < -0.4 is 0 Å². The minimum atomic E-state index is -0.241. The van der Waals surface area contributed by atoms with Crippen molar-refractivity contribution in [2.45, 2.75) is 20.0 Å². The number of nitrogens with zero attached hydrogens (tertiary/aromatic N) is 5. The number of hydrogen-bond acceptors (Lipinski definition) is 6. The summed E-state index contributed by atoms with van der Waals surface area (Å²) in [4.78, 5) is 22.9. The van der Waals surface area contributed by atoms with Crippen LogP contribution in [0, 0.1) is 13.8 Å². The van der Waals surface area contributed by atoms with Crippen LogP contribution in [0.4, 0.5) is 0 Å². The lowest BCUT2D eigenvalue weighted by Crippen LogP contribution is -2.42. The highest BCUT2D eigenvalue weighted by molar-refractivity contribution is 5.92. The van der Waals surface area contributed by atoms with E-state index < -0.39 is 0 Å². The van der Waals surface area contributed by atoms with Crippen LogP contribution in [0.3, 0.4) is 0 Å². The van der Waals surface area contributed by atoms with Crippen LogP contribution in [0.2, 0.25) is 0 Å². The highest BCUT2D eigenvalue weighted by atomic mass is 16.5. The van der Waals surface area contributed by atoms with Gasteiger partial charge in [0.05, 0.1) is 18.8 Å². The van der Waals surface area contributed by atoms with Crippen molar-refractivity contribution in [3.63, 3.8) is 0 Å². The van der Waals surface area contributed by atoms with E-state index in [4.69, 9.17) is 4.74 Å². The van der Waals surface area contributed by atoms with E-state index in [1.54, 1.807) is 23.2 Å². The second-order valence-corrected chi connectivity index (χ2v) is 5.20. The molecule has 1 aliphatic heterocycles. The first-order valence-corrected chi connectivity index (χ1v) is 7.14. The molecule has 0 bridgehead atoms. The van der Waals surface area contributed by atoms with Crippen molar-refractivity contribution in [2.24, 2.45) is 0 Å².